The minimum Gasteiger partial charge on any atom is -0.481 e. The molecule has 2 rings (SSSR count). The summed E-state index contributed by atoms with van der Waals surface area (Å²) >= 11 is 0. The molecule has 0 aliphatic carbocycles. The fourth-order valence-corrected chi connectivity index (χ4v) is 1.87. The quantitative estimate of drug-likeness (QED) is 0.777. The molecule has 1 aromatic heterocycles. The van der Waals surface area contributed by atoms with E-state index in [1.54, 1.807) is 13.1 Å². The zero-order valence-corrected chi connectivity index (χ0v) is 10.7. The van der Waals surface area contributed by atoms with Crippen LogP contribution in [0.2, 0.25) is 0 Å². The van der Waals surface area contributed by atoms with Crippen LogP contribution in [0.4, 0.5) is 5.69 Å². The highest BCUT2D eigenvalue weighted by Gasteiger charge is 2.06. The minimum absolute atomic E-state index is 0.191. The molecule has 0 atom stereocenters. The first-order chi connectivity index (χ1) is 9.08. The molecule has 19 heavy (non-hydrogen) atoms. The number of carboxylic acid groups (broad SMARTS) is 1. The number of anilines is 1. The van der Waals surface area contributed by atoms with Gasteiger partial charge in [0.1, 0.15) is 0 Å². The van der Waals surface area contributed by atoms with E-state index in [4.69, 9.17) is 9.52 Å². The zero-order chi connectivity index (χ0) is 13.8. The molecule has 0 aliphatic heterocycles. The molecule has 0 fully saturated rings. The maximum Gasteiger partial charge on any atom is 0.419 e. The number of aromatic nitrogens is 1. The Morgan fingerprint density at radius 2 is 2.21 bits per heavy atom. The lowest BCUT2D eigenvalue weighted by molar-refractivity contribution is -0.137. The lowest BCUT2D eigenvalue weighted by Crippen LogP contribution is -2.08. The number of fused-ring (bicyclic) bond motifs is 1. The molecule has 0 saturated heterocycles. The van der Waals surface area contributed by atoms with Crippen LogP contribution >= 0.6 is 0 Å². The molecule has 6 nitrogen and oxygen atoms in total. The summed E-state index contributed by atoms with van der Waals surface area (Å²) < 4.78 is 6.49. The van der Waals surface area contributed by atoms with Gasteiger partial charge in [-0.15, -0.1) is 0 Å². The first-order valence-corrected chi connectivity index (χ1v) is 6.13. The summed E-state index contributed by atoms with van der Waals surface area (Å²) in [7, 11) is 1.66. The number of carbonyl (C=O) groups is 1. The third-order valence-corrected chi connectivity index (χ3v) is 2.94. The van der Waals surface area contributed by atoms with Crippen LogP contribution in [0.3, 0.4) is 0 Å². The van der Waals surface area contributed by atoms with Gasteiger partial charge in [-0.05, 0) is 31.0 Å². The number of hydrogen-bond acceptors (Lipinski definition) is 4. The van der Waals surface area contributed by atoms with E-state index in [1.165, 1.54) is 4.57 Å². The molecule has 0 radical (unpaired) electrons. The smallest absolute Gasteiger partial charge is 0.419 e. The largest absolute Gasteiger partial charge is 0.481 e. The normalized spacial score (nSPS) is 10.8. The number of unbranched alkanes of at least 4 members (excludes halogenated alkanes) is 1. The molecule has 6 heteroatoms. The Bertz CT molecular complexity index is 642. The average Bonchev–Trinajstić information content (AvgIpc) is 2.65. The fraction of sp³-hybridized carbons (Fsp3) is 0.385. The number of nitrogens with zero attached hydrogens (tertiary/aromatic N) is 1. The molecular formula is C13H16N2O4. The van der Waals surface area contributed by atoms with Gasteiger partial charge in [0, 0.05) is 25.7 Å². The number of oxazole rings is 1. The van der Waals surface area contributed by atoms with Gasteiger partial charge in [-0.2, -0.15) is 0 Å². The maximum absolute atomic E-state index is 11.3. The number of aliphatic carboxylic acids is 1. The molecule has 2 N–H and O–H groups in total. The Hall–Kier alpha value is -2.24. The first-order valence-electron chi connectivity index (χ1n) is 6.13. The molecule has 0 bridgehead atoms. The lowest BCUT2D eigenvalue weighted by Gasteiger charge is -2.05. The van der Waals surface area contributed by atoms with E-state index in [0.717, 1.165) is 17.6 Å². The zero-order valence-electron chi connectivity index (χ0n) is 10.7. The van der Waals surface area contributed by atoms with E-state index in [0.29, 0.717) is 18.5 Å². The highest BCUT2D eigenvalue weighted by molar-refractivity contribution is 5.77. The highest BCUT2D eigenvalue weighted by Crippen LogP contribution is 2.17. The second-order valence-corrected chi connectivity index (χ2v) is 4.39. The molecule has 1 heterocycles. The van der Waals surface area contributed by atoms with Crippen molar-refractivity contribution in [1.29, 1.82) is 0 Å². The van der Waals surface area contributed by atoms with Crippen LogP contribution in [0.25, 0.3) is 11.1 Å². The number of nitrogens with one attached hydrogen (secondary N) is 1. The van der Waals surface area contributed by atoms with Gasteiger partial charge in [0.05, 0.1) is 5.52 Å². The van der Waals surface area contributed by atoms with E-state index >= 15 is 0 Å². The Kier molecular flexibility index (Phi) is 3.89. The van der Waals surface area contributed by atoms with E-state index in [2.05, 4.69) is 5.32 Å². The van der Waals surface area contributed by atoms with Crippen molar-refractivity contribution in [3.8, 4) is 0 Å². The van der Waals surface area contributed by atoms with Crippen molar-refractivity contribution in [2.75, 3.05) is 11.9 Å². The van der Waals surface area contributed by atoms with Crippen molar-refractivity contribution in [3.05, 3.63) is 28.7 Å². The van der Waals surface area contributed by atoms with Crippen LogP contribution in [0.1, 0.15) is 19.3 Å². The predicted octanol–water partition coefficient (Wildman–Crippen LogP) is 1.80. The summed E-state index contributed by atoms with van der Waals surface area (Å²) in [6, 6.07) is 5.43. The number of carboxylic acids is 1. The number of rotatable bonds is 6. The van der Waals surface area contributed by atoms with Crippen LogP contribution in [-0.4, -0.2) is 22.2 Å². The van der Waals surface area contributed by atoms with E-state index < -0.39 is 5.97 Å². The van der Waals surface area contributed by atoms with Crippen molar-refractivity contribution in [2.45, 2.75) is 19.3 Å². The fourth-order valence-electron chi connectivity index (χ4n) is 1.87. The van der Waals surface area contributed by atoms with Crippen LogP contribution in [0.15, 0.2) is 27.4 Å². The summed E-state index contributed by atoms with van der Waals surface area (Å²) in [4.78, 5) is 21.7. The minimum atomic E-state index is -0.769. The monoisotopic (exact) mass is 264 g/mol. The number of aryl methyl sites for hydroxylation is 1. The Labute approximate surface area is 109 Å². The van der Waals surface area contributed by atoms with Gasteiger partial charge in [-0.1, -0.05) is 0 Å². The van der Waals surface area contributed by atoms with Crippen molar-refractivity contribution in [1.82, 2.24) is 4.57 Å². The molecule has 102 valence electrons. The molecule has 1 aromatic carbocycles. The van der Waals surface area contributed by atoms with Gasteiger partial charge in [0.15, 0.2) is 5.58 Å². The van der Waals surface area contributed by atoms with Crippen molar-refractivity contribution < 1.29 is 14.3 Å². The van der Waals surface area contributed by atoms with Gasteiger partial charge in [0.2, 0.25) is 0 Å². The van der Waals surface area contributed by atoms with Crippen LogP contribution in [-0.2, 0) is 11.8 Å². The third-order valence-electron chi connectivity index (χ3n) is 2.94. The molecular weight excluding hydrogens is 248 g/mol. The number of hydrogen-bond donors (Lipinski definition) is 2. The second kappa shape index (κ2) is 5.60. The van der Waals surface area contributed by atoms with Crippen molar-refractivity contribution in [3.63, 3.8) is 0 Å². The summed E-state index contributed by atoms with van der Waals surface area (Å²) in [6.45, 7) is 0.699. The molecule has 0 amide bonds. The summed E-state index contributed by atoms with van der Waals surface area (Å²) in [6.07, 6.45) is 1.63. The van der Waals surface area contributed by atoms with Crippen LogP contribution in [0.5, 0.6) is 0 Å². The van der Waals surface area contributed by atoms with Gasteiger partial charge >= 0.3 is 11.7 Å². The molecule has 0 saturated carbocycles. The van der Waals surface area contributed by atoms with Gasteiger partial charge in [0.25, 0.3) is 0 Å². The SMILES string of the molecule is Cn1c(=O)oc2ccc(NCCCCC(=O)O)cc21. The summed E-state index contributed by atoms with van der Waals surface area (Å²) in [5.41, 5.74) is 2.18. The molecule has 2 aromatic rings. The predicted molar refractivity (Wildman–Crippen MR) is 71.4 cm³/mol. The highest BCUT2D eigenvalue weighted by atomic mass is 16.4. The van der Waals surface area contributed by atoms with E-state index in [9.17, 15) is 9.59 Å². The summed E-state index contributed by atoms with van der Waals surface area (Å²) in [5.74, 6) is -1.15. The average molecular weight is 264 g/mol. The summed E-state index contributed by atoms with van der Waals surface area (Å²) in [5, 5.41) is 11.7. The van der Waals surface area contributed by atoms with Gasteiger partial charge < -0.3 is 14.8 Å². The Morgan fingerprint density at radius 3 is 2.95 bits per heavy atom. The molecule has 0 unspecified atom stereocenters. The lowest BCUT2D eigenvalue weighted by atomic mass is 10.2. The standard InChI is InChI=1S/C13H16N2O4/c1-15-10-8-9(5-6-11(10)19-13(15)18)14-7-3-2-4-12(16)17/h5-6,8,14H,2-4,7H2,1H3,(H,16,17). The van der Waals surface area contributed by atoms with Crippen molar-refractivity contribution >= 4 is 22.8 Å². The van der Waals surface area contributed by atoms with Gasteiger partial charge in [-0.3, -0.25) is 9.36 Å². The van der Waals surface area contributed by atoms with Crippen molar-refractivity contribution in [2.24, 2.45) is 7.05 Å². The van der Waals surface area contributed by atoms with Crippen LogP contribution in [0, 0.1) is 0 Å². The number of benzene rings is 1. The first kappa shape index (κ1) is 13.2. The maximum atomic E-state index is 11.3. The van der Waals surface area contributed by atoms with E-state index in [1.807, 2.05) is 12.1 Å². The third kappa shape index (κ3) is 3.15. The Morgan fingerprint density at radius 1 is 1.42 bits per heavy atom. The molecule has 0 aliphatic rings. The van der Waals surface area contributed by atoms with E-state index in [-0.39, 0.29) is 12.2 Å². The molecule has 0 spiro atoms. The second-order valence-electron chi connectivity index (χ2n) is 4.39. The topological polar surface area (TPSA) is 84.5 Å². The Balaban J connectivity index is 1.96. The van der Waals surface area contributed by atoms with Crippen LogP contribution < -0.4 is 11.1 Å². The van der Waals surface area contributed by atoms with Gasteiger partial charge in [-0.25, -0.2) is 4.79 Å².